The highest BCUT2D eigenvalue weighted by Crippen LogP contribution is 2.28. The summed E-state index contributed by atoms with van der Waals surface area (Å²) in [5.74, 6) is 0.895. The summed E-state index contributed by atoms with van der Waals surface area (Å²) in [4.78, 5) is 17.0. The molecule has 0 radical (unpaired) electrons. The highest BCUT2D eigenvalue weighted by Gasteiger charge is 2.24. The van der Waals surface area contributed by atoms with Crippen LogP contribution in [0.2, 0.25) is 5.02 Å². The van der Waals surface area contributed by atoms with E-state index in [2.05, 4.69) is 40.2 Å². The van der Waals surface area contributed by atoms with Gasteiger partial charge in [-0.2, -0.15) is 5.26 Å². The van der Waals surface area contributed by atoms with E-state index in [4.69, 9.17) is 16.9 Å². The largest absolute Gasteiger partial charge is 0.369 e. The number of benzene rings is 1. The lowest BCUT2D eigenvalue weighted by Crippen LogP contribution is -2.47. The van der Waals surface area contributed by atoms with Gasteiger partial charge in [0.25, 0.3) is 0 Å². The summed E-state index contributed by atoms with van der Waals surface area (Å²) in [5.41, 5.74) is 2.57. The van der Waals surface area contributed by atoms with E-state index in [1.165, 1.54) is 37.1 Å². The molecule has 164 valence electrons. The van der Waals surface area contributed by atoms with Gasteiger partial charge < -0.3 is 10.2 Å². The summed E-state index contributed by atoms with van der Waals surface area (Å²) in [5, 5.41) is 12.5. The lowest BCUT2D eigenvalue weighted by molar-refractivity contribution is -0.122. The van der Waals surface area contributed by atoms with Crippen LogP contribution < -0.4 is 10.2 Å². The number of amides is 1. The number of rotatable bonds is 8. The third-order valence-corrected chi connectivity index (χ3v) is 6.88. The van der Waals surface area contributed by atoms with Crippen LogP contribution >= 0.6 is 11.6 Å². The molecule has 6 heteroatoms. The van der Waals surface area contributed by atoms with Crippen molar-refractivity contribution in [2.75, 3.05) is 37.6 Å². The van der Waals surface area contributed by atoms with Crippen LogP contribution in [-0.2, 0) is 4.79 Å². The SMILES string of the molecule is Cc1ccc(Cl)cc1N1CCN(CC[C@H]2CC[C@H](NC(=O)CCCC#N)CC2)CC1. The minimum Gasteiger partial charge on any atom is -0.369 e. The van der Waals surface area contributed by atoms with Gasteiger partial charge in [0.2, 0.25) is 5.91 Å². The molecule has 1 saturated heterocycles. The summed E-state index contributed by atoms with van der Waals surface area (Å²) < 4.78 is 0. The predicted octanol–water partition coefficient (Wildman–Crippen LogP) is 4.53. The molecule has 1 aliphatic carbocycles. The molecule has 2 aliphatic rings. The second-order valence-electron chi connectivity index (χ2n) is 8.85. The van der Waals surface area contributed by atoms with E-state index in [0.717, 1.165) is 50.0 Å². The number of carbonyl (C=O) groups is 1. The second-order valence-corrected chi connectivity index (χ2v) is 9.28. The fraction of sp³-hybridized carbons (Fsp3) is 0.667. The Kier molecular flexibility index (Phi) is 8.84. The van der Waals surface area contributed by atoms with Crippen molar-refractivity contribution in [1.29, 1.82) is 5.26 Å². The fourth-order valence-corrected chi connectivity index (χ4v) is 4.89. The molecule has 0 unspecified atom stereocenters. The maximum atomic E-state index is 11.9. The molecule has 1 heterocycles. The molecule has 1 aromatic carbocycles. The number of aryl methyl sites for hydroxylation is 1. The smallest absolute Gasteiger partial charge is 0.220 e. The van der Waals surface area contributed by atoms with E-state index in [-0.39, 0.29) is 5.91 Å². The first-order chi connectivity index (χ1) is 14.5. The van der Waals surface area contributed by atoms with Crippen LogP contribution in [0.15, 0.2) is 18.2 Å². The van der Waals surface area contributed by atoms with Crippen LogP contribution in [0, 0.1) is 24.2 Å². The van der Waals surface area contributed by atoms with Gasteiger partial charge >= 0.3 is 0 Å². The van der Waals surface area contributed by atoms with Crippen molar-refractivity contribution in [3.63, 3.8) is 0 Å². The van der Waals surface area contributed by atoms with Crippen molar-refractivity contribution >= 4 is 23.2 Å². The molecule has 0 spiro atoms. The summed E-state index contributed by atoms with van der Waals surface area (Å²) in [7, 11) is 0. The Labute approximate surface area is 186 Å². The molecular formula is C24H35ClN4O. The summed E-state index contributed by atoms with van der Waals surface area (Å²) in [6.07, 6.45) is 7.49. The van der Waals surface area contributed by atoms with Gasteiger partial charge in [-0.05, 0) is 75.6 Å². The first-order valence-corrected chi connectivity index (χ1v) is 11.8. The lowest BCUT2D eigenvalue weighted by Gasteiger charge is -2.38. The Morgan fingerprint density at radius 3 is 2.63 bits per heavy atom. The van der Waals surface area contributed by atoms with Crippen molar-refractivity contribution in [2.24, 2.45) is 5.92 Å². The summed E-state index contributed by atoms with van der Waals surface area (Å²) >= 11 is 6.19. The Balaban J connectivity index is 1.32. The first kappa shape index (κ1) is 22.9. The van der Waals surface area contributed by atoms with Crippen molar-refractivity contribution in [3.05, 3.63) is 28.8 Å². The predicted molar refractivity (Wildman–Crippen MR) is 123 cm³/mol. The molecule has 1 amide bonds. The Morgan fingerprint density at radius 1 is 1.20 bits per heavy atom. The first-order valence-electron chi connectivity index (χ1n) is 11.4. The van der Waals surface area contributed by atoms with E-state index in [0.29, 0.717) is 25.3 Å². The van der Waals surface area contributed by atoms with Crippen molar-refractivity contribution < 1.29 is 4.79 Å². The van der Waals surface area contributed by atoms with Gasteiger partial charge in [0.05, 0.1) is 6.07 Å². The van der Waals surface area contributed by atoms with Crippen LogP contribution in [0.5, 0.6) is 0 Å². The lowest BCUT2D eigenvalue weighted by atomic mass is 9.84. The molecule has 0 bridgehead atoms. The van der Waals surface area contributed by atoms with Crippen LogP contribution in [0.1, 0.15) is 56.9 Å². The van der Waals surface area contributed by atoms with Crippen molar-refractivity contribution in [1.82, 2.24) is 10.2 Å². The number of halogens is 1. The maximum Gasteiger partial charge on any atom is 0.220 e. The quantitative estimate of drug-likeness (QED) is 0.615. The van der Waals surface area contributed by atoms with Gasteiger partial charge in [-0.1, -0.05) is 17.7 Å². The van der Waals surface area contributed by atoms with Gasteiger partial charge in [-0.15, -0.1) is 0 Å². The molecule has 1 aromatic rings. The molecule has 1 aliphatic heterocycles. The zero-order valence-electron chi connectivity index (χ0n) is 18.2. The molecule has 2 fully saturated rings. The Bertz CT molecular complexity index is 731. The monoisotopic (exact) mass is 430 g/mol. The number of hydrogen-bond acceptors (Lipinski definition) is 4. The number of nitrogens with one attached hydrogen (secondary N) is 1. The highest BCUT2D eigenvalue weighted by molar-refractivity contribution is 6.30. The van der Waals surface area contributed by atoms with E-state index < -0.39 is 0 Å². The molecule has 30 heavy (non-hydrogen) atoms. The summed E-state index contributed by atoms with van der Waals surface area (Å²) in [6, 6.07) is 8.59. The Hall–Kier alpha value is -1.77. The molecule has 1 saturated carbocycles. The van der Waals surface area contributed by atoms with Gasteiger partial charge in [-0.3, -0.25) is 9.69 Å². The highest BCUT2D eigenvalue weighted by atomic mass is 35.5. The van der Waals surface area contributed by atoms with E-state index >= 15 is 0 Å². The van der Waals surface area contributed by atoms with Crippen LogP contribution in [0.25, 0.3) is 0 Å². The third kappa shape index (κ3) is 6.89. The molecule has 5 nitrogen and oxygen atoms in total. The van der Waals surface area contributed by atoms with Crippen LogP contribution in [-0.4, -0.2) is 49.6 Å². The minimum atomic E-state index is 0.113. The van der Waals surface area contributed by atoms with Gasteiger partial charge in [-0.25, -0.2) is 0 Å². The number of carbonyl (C=O) groups excluding carboxylic acids is 1. The fourth-order valence-electron chi connectivity index (χ4n) is 4.72. The van der Waals surface area contributed by atoms with Crippen LogP contribution in [0.4, 0.5) is 5.69 Å². The number of nitrogens with zero attached hydrogens (tertiary/aromatic N) is 3. The zero-order valence-corrected chi connectivity index (χ0v) is 19.0. The zero-order chi connectivity index (χ0) is 21.3. The van der Waals surface area contributed by atoms with Crippen LogP contribution in [0.3, 0.4) is 0 Å². The normalized spacial score (nSPS) is 22.5. The van der Waals surface area contributed by atoms with E-state index in [9.17, 15) is 4.79 Å². The van der Waals surface area contributed by atoms with Crippen molar-refractivity contribution in [2.45, 2.75) is 64.3 Å². The van der Waals surface area contributed by atoms with E-state index in [1.54, 1.807) is 0 Å². The second kappa shape index (κ2) is 11.6. The number of nitriles is 1. The maximum absolute atomic E-state index is 11.9. The number of unbranched alkanes of at least 4 members (excludes halogenated alkanes) is 1. The average molecular weight is 431 g/mol. The van der Waals surface area contributed by atoms with Gasteiger partial charge in [0.15, 0.2) is 0 Å². The molecule has 0 aromatic heterocycles. The molecule has 1 N–H and O–H groups in total. The standard InChI is InChI=1S/C24H35ClN4O/c1-19-5-8-21(25)18-23(19)29-16-14-28(15-17-29)13-11-20-6-9-22(10-7-20)27-24(30)4-2-3-12-26/h5,8,18,20,22H,2-4,6-7,9-11,13-17H2,1H3,(H,27,30)/t20-,22-. The molecular weight excluding hydrogens is 396 g/mol. The Morgan fingerprint density at radius 2 is 1.93 bits per heavy atom. The van der Waals surface area contributed by atoms with Crippen molar-refractivity contribution in [3.8, 4) is 6.07 Å². The number of piperazine rings is 1. The topological polar surface area (TPSA) is 59.4 Å². The van der Waals surface area contributed by atoms with Gasteiger partial charge in [0.1, 0.15) is 0 Å². The number of anilines is 1. The van der Waals surface area contributed by atoms with Gasteiger partial charge in [0, 0.05) is 55.8 Å². The average Bonchev–Trinajstić information content (AvgIpc) is 2.75. The molecule has 0 atom stereocenters. The summed E-state index contributed by atoms with van der Waals surface area (Å²) in [6.45, 7) is 7.68. The van der Waals surface area contributed by atoms with E-state index in [1.807, 2.05) is 6.07 Å². The number of hydrogen-bond donors (Lipinski definition) is 1. The minimum absolute atomic E-state index is 0.113. The third-order valence-electron chi connectivity index (χ3n) is 6.64. The molecule has 3 rings (SSSR count).